The lowest BCUT2D eigenvalue weighted by Gasteiger charge is -2.27. The third-order valence-corrected chi connectivity index (χ3v) is 2.93. The van der Waals surface area contributed by atoms with E-state index in [0.29, 0.717) is 12.1 Å². The standard InChI is InChI=1S/C10H19N.C2H6/c1-5-8(2)10-7-6-9(3)11(10)4;1-2/h6-10H,5H2,1-4H3;1-2H3. The highest BCUT2D eigenvalue weighted by atomic mass is 15.2. The van der Waals surface area contributed by atoms with Gasteiger partial charge in [0.2, 0.25) is 0 Å². The Labute approximate surface area is 83.8 Å². The van der Waals surface area contributed by atoms with E-state index < -0.39 is 0 Å². The van der Waals surface area contributed by atoms with Gasteiger partial charge >= 0.3 is 0 Å². The lowest BCUT2D eigenvalue weighted by atomic mass is 9.99. The van der Waals surface area contributed by atoms with Gasteiger partial charge in [-0.25, -0.2) is 0 Å². The molecule has 0 aromatic rings. The third kappa shape index (κ3) is 3.15. The van der Waals surface area contributed by atoms with E-state index in [0.717, 1.165) is 5.92 Å². The van der Waals surface area contributed by atoms with E-state index >= 15 is 0 Å². The molecule has 1 heterocycles. The van der Waals surface area contributed by atoms with Crippen molar-refractivity contribution in [3.05, 3.63) is 12.2 Å². The van der Waals surface area contributed by atoms with Gasteiger partial charge < -0.3 is 0 Å². The van der Waals surface area contributed by atoms with Crippen molar-refractivity contribution < 1.29 is 0 Å². The molecule has 0 aromatic carbocycles. The molecular formula is C12H25N. The van der Waals surface area contributed by atoms with Crippen LogP contribution in [-0.2, 0) is 0 Å². The van der Waals surface area contributed by atoms with Crippen molar-refractivity contribution in [1.29, 1.82) is 0 Å². The van der Waals surface area contributed by atoms with E-state index in [1.54, 1.807) is 0 Å². The second-order valence-electron chi connectivity index (χ2n) is 3.67. The molecular weight excluding hydrogens is 158 g/mol. The monoisotopic (exact) mass is 183 g/mol. The molecule has 3 unspecified atom stereocenters. The first-order chi connectivity index (χ1) is 6.16. The fraction of sp³-hybridized carbons (Fsp3) is 0.833. The Kier molecular flexibility index (Phi) is 6.06. The number of hydrogen-bond acceptors (Lipinski definition) is 1. The van der Waals surface area contributed by atoms with Gasteiger partial charge in [-0.05, 0) is 19.9 Å². The summed E-state index contributed by atoms with van der Waals surface area (Å²) in [4.78, 5) is 2.44. The minimum Gasteiger partial charge on any atom is -0.294 e. The van der Waals surface area contributed by atoms with Crippen molar-refractivity contribution in [1.82, 2.24) is 4.90 Å². The number of hydrogen-bond donors (Lipinski definition) is 0. The van der Waals surface area contributed by atoms with Crippen LogP contribution in [0, 0.1) is 5.92 Å². The Morgan fingerprint density at radius 1 is 1.31 bits per heavy atom. The maximum atomic E-state index is 2.44. The molecule has 0 radical (unpaired) electrons. The van der Waals surface area contributed by atoms with Crippen LogP contribution in [0.15, 0.2) is 12.2 Å². The summed E-state index contributed by atoms with van der Waals surface area (Å²) in [5.74, 6) is 0.793. The summed E-state index contributed by atoms with van der Waals surface area (Å²) in [6, 6.07) is 1.31. The summed E-state index contributed by atoms with van der Waals surface area (Å²) < 4.78 is 0. The first-order valence-electron chi connectivity index (χ1n) is 5.57. The molecule has 1 aliphatic heterocycles. The van der Waals surface area contributed by atoms with Crippen LogP contribution in [0.5, 0.6) is 0 Å². The first-order valence-corrected chi connectivity index (χ1v) is 5.57. The minimum atomic E-state index is 0.633. The molecule has 0 aromatic heterocycles. The van der Waals surface area contributed by atoms with E-state index in [1.165, 1.54) is 6.42 Å². The molecule has 1 nitrogen and oxygen atoms in total. The molecule has 0 fully saturated rings. The van der Waals surface area contributed by atoms with E-state index in [1.807, 2.05) is 13.8 Å². The third-order valence-electron chi connectivity index (χ3n) is 2.93. The van der Waals surface area contributed by atoms with Crippen LogP contribution in [0.4, 0.5) is 0 Å². The van der Waals surface area contributed by atoms with Crippen LogP contribution < -0.4 is 0 Å². The molecule has 0 amide bonds. The Morgan fingerprint density at radius 3 is 2.15 bits per heavy atom. The average molecular weight is 183 g/mol. The van der Waals surface area contributed by atoms with E-state index in [2.05, 4.69) is 44.9 Å². The topological polar surface area (TPSA) is 3.24 Å². The minimum absolute atomic E-state index is 0.633. The summed E-state index contributed by atoms with van der Waals surface area (Å²) >= 11 is 0. The largest absolute Gasteiger partial charge is 0.294 e. The average Bonchev–Trinajstić information content (AvgIpc) is 2.50. The van der Waals surface area contributed by atoms with Gasteiger partial charge in [0.05, 0.1) is 0 Å². The Bertz CT molecular complexity index is 151. The normalized spacial score (nSPS) is 29.7. The predicted octanol–water partition coefficient (Wildman–Crippen LogP) is 3.32. The highest BCUT2D eigenvalue weighted by Crippen LogP contribution is 2.22. The summed E-state index contributed by atoms with van der Waals surface area (Å²) in [5, 5.41) is 0. The lowest BCUT2D eigenvalue weighted by molar-refractivity contribution is 0.215. The number of nitrogens with zero attached hydrogens (tertiary/aromatic N) is 1. The van der Waals surface area contributed by atoms with Gasteiger partial charge in [0.15, 0.2) is 0 Å². The highest BCUT2D eigenvalue weighted by molar-refractivity contribution is 5.09. The molecule has 78 valence electrons. The van der Waals surface area contributed by atoms with Crippen molar-refractivity contribution in [3.8, 4) is 0 Å². The summed E-state index contributed by atoms with van der Waals surface area (Å²) in [5.41, 5.74) is 0. The fourth-order valence-electron chi connectivity index (χ4n) is 1.65. The highest BCUT2D eigenvalue weighted by Gasteiger charge is 2.24. The summed E-state index contributed by atoms with van der Waals surface area (Å²) in [6.45, 7) is 10.8. The molecule has 1 aliphatic rings. The molecule has 3 atom stereocenters. The van der Waals surface area contributed by atoms with Crippen LogP contribution in [0.1, 0.15) is 41.0 Å². The summed E-state index contributed by atoms with van der Waals surface area (Å²) in [7, 11) is 2.21. The van der Waals surface area contributed by atoms with Crippen LogP contribution in [0.2, 0.25) is 0 Å². The second kappa shape index (κ2) is 6.20. The van der Waals surface area contributed by atoms with Gasteiger partial charge in [-0.15, -0.1) is 0 Å². The molecule has 1 rings (SSSR count). The van der Waals surface area contributed by atoms with Crippen LogP contribution in [-0.4, -0.2) is 24.0 Å². The van der Waals surface area contributed by atoms with Crippen molar-refractivity contribution in [2.45, 2.75) is 53.1 Å². The van der Waals surface area contributed by atoms with Gasteiger partial charge in [0.1, 0.15) is 0 Å². The Balaban J connectivity index is 0.000000671. The quantitative estimate of drug-likeness (QED) is 0.594. The van der Waals surface area contributed by atoms with Crippen molar-refractivity contribution >= 4 is 0 Å². The molecule has 0 saturated carbocycles. The Morgan fingerprint density at radius 2 is 1.85 bits per heavy atom. The molecule has 0 N–H and O–H groups in total. The van der Waals surface area contributed by atoms with Crippen LogP contribution >= 0.6 is 0 Å². The molecule has 1 heteroatoms. The Hall–Kier alpha value is -0.300. The van der Waals surface area contributed by atoms with Crippen LogP contribution in [0.3, 0.4) is 0 Å². The van der Waals surface area contributed by atoms with Crippen molar-refractivity contribution in [2.24, 2.45) is 5.92 Å². The first kappa shape index (κ1) is 12.7. The fourth-order valence-corrected chi connectivity index (χ4v) is 1.65. The number of likely N-dealkylation sites (N-methyl/N-ethyl adjacent to an activating group) is 1. The van der Waals surface area contributed by atoms with Gasteiger partial charge in [0, 0.05) is 12.1 Å². The van der Waals surface area contributed by atoms with Crippen molar-refractivity contribution in [2.75, 3.05) is 7.05 Å². The van der Waals surface area contributed by atoms with Gasteiger partial charge in [-0.1, -0.05) is 46.3 Å². The van der Waals surface area contributed by atoms with Gasteiger partial charge in [-0.3, -0.25) is 4.90 Å². The van der Waals surface area contributed by atoms with Crippen LogP contribution in [0.25, 0.3) is 0 Å². The second-order valence-corrected chi connectivity index (χ2v) is 3.67. The zero-order valence-corrected chi connectivity index (χ0v) is 10.0. The smallest absolute Gasteiger partial charge is 0.0307 e. The summed E-state index contributed by atoms with van der Waals surface area (Å²) in [6.07, 6.45) is 5.92. The SMILES string of the molecule is CC.CCC(C)C1C=CC(C)N1C. The maximum absolute atomic E-state index is 2.44. The van der Waals surface area contributed by atoms with Gasteiger partial charge in [0.25, 0.3) is 0 Å². The molecule has 0 aliphatic carbocycles. The molecule has 13 heavy (non-hydrogen) atoms. The zero-order valence-electron chi connectivity index (χ0n) is 10.0. The van der Waals surface area contributed by atoms with E-state index in [4.69, 9.17) is 0 Å². The van der Waals surface area contributed by atoms with E-state index in [9.17, 15) is 0 Å². The van der Waals surface area contributed by atoms with Crippen molar-refractivity contribution in [3.63, 3.8) is 0 Å². The number of rotatable bonds is 2. The lowest BCUT2D eigenvalue weighted by Crippen LogP contribution is -2.35. The van der Waals surface area contributed by atoms with Gasteiger partial charge in [-0.2, -0.15) is 0 Å². The zero-order chi connectivity index (χ0) is 10.4. The molecule has 0 saturated heterocycles. The van der Waals surface area contributed by atoms with E-state index in [-0.39, 0.29) is 0 Å². The predicted molar refractivity (Wildman–Crippen MR) is 61.0 cm³/mol. The molecule has 0 spiro atoms. The molecule has 0 bridgehead atoms. The maximum Gasteiger partial charge on any atom is 0.0307 e.